The molecule has 0 rings (SSSR count). The summed E-state index contributed by atoms with van der Waals surface area (Å²) < 4.78 is 34.8. The molecular weight excluding hydrogens is 187 g/mol. The van der Waals surface area contributed by atoms with Crippen LogP contribution in [0.2, 0.25) is 0 Å². The number of hydrogen-bond acceptors (Lipinski definition) is 2. The van der Waals surface area contributed by atoms with Crippen molar-refractivity contribution < 1.29 is 13.2 Å². The van der Waals surface area contributed by atoms with Crippen LogP contribution in [0.5, 0.6) is 0 Å². The van der Waals surface area contributed by atoms with Gasteiger partial charge in [0.05, 0.1) is 0 Å². The second kappa shape index (κ2) is 5.70. The predicted molar refractivity (Wildman–Crippen MR) is 46.3 cm³/mol. The van der Waals surface area contributed by atoms with E-state index in [-0.39, 0.29) is 12.5 Å². The quantitative estimate of drug-likeness (QED) is 0.691. The molecule has 0 aromatic heterocycles. The number of hydrogen-bond donors (Lipinski definition) is 1. The summed E-state index contributed by atoms with van der Waals surface area (Å²) in [6, 6.07) is 0.0703. The molecule has 0 aliphatic rings. The molecule has 2 N–H and O–H groups in total. The summed E-state index contributed by atoms with van der Waals surface area (Å²) in [6.45, 7) is 1.84. The molecule has 0 heterocycles. The Morgan fingerprint density at radius 2 is 2.00 bits per heavy atom. The normalized spacial score (nSPS) is 14.8. The lowest BCUT2D eigenvalue weighted by Gasteiger charge is -2.06. The molecule has 0 radical (unpaired) electrons. The standard InChI is InChI=1S/C7H14F3NS/c1-6(11)5-12-4-2-3-7(8,9)10/h6H,2-5,11H2,1H3. The van der Waals surface area contributed by atoms with Gasteiger partial charge in [0.25, 0.3) is 0 Å². The first kappa shape index (κ1) is 12.1. The lowest BCUT2D eigenvalue weighted by atomic mass is 10.3. The highest BCUT2D eigenvalue weighted by molar-refractivity contribution is 7.99. The zero-order valence-corrected chi connectivity index (χ0v) is 7.84. The van der Waals surface area contributed by atoms with Crippen LogP contribution in [-0.4, -0.2) is 23.7 Å². The van der Waals surface area contributed by atoms with Crippen LogP contribution in [0.3, 0.4) is 0 Å². The van der Waals surface area contributed by atoms with E-state index in [1.165, 1.54) is 11.8 Å². The van der Waals surface area contributed by atoms with Gasteiger partial charge in [0.1, 0.15) is 0 Å². The van der Waals surface area contributed by atoms with Gasteiger partial charge in [-0.05, 0) is 19.1 Å². The van der Waals surface area contributed by atoms with E-state index < -0.39 is 12.6 Å². The fourth-order valence-electron chi connectivity index (χ4n) is 0.644. The molecule has 5 heteroatoms. The highest BCUT2D eigenvalue weighted by Gasteiger charge is 2.25. The average Bonchev–Trinajstić information content (AvgIpc) is 1.83. The van der Waals surface area contributed by atoms with Crippen LogP contribution in [0, 0.1) is 0 Å². The lowest BCUT2D eigenvalue weighted by Crippen LogP contribution is -2.17. The zero-order valence-electron chi connectivity index (χ0n) is 7.03. The van der Waals surface area contributed by atoms with E-state index in [0.717, 1.165) is 5.75 Å². The van der Waals surface area contributed by atoms with E-state index in [0.29, 0.717) is 5.75 Å². The smallest absolute Gasteiger partial charge is 0.327 e. The van der Waals surface area contributed by atoms with Crippen LogP contribution in [0.4, 0.5) is 13.2 Å². The van der Waals surface area contributed by atoms with Crippen LogP contribution >= 0.6 is 11.8 Å². The fourth-order valence-corrected chi connectivity index (χ4v) is 1.53. The summed E-state index contributed by atoms with van der Waals surface area (Å²) in [7, 11) is 0. The van der Waals surface area contributed by atoms with Gasteiger partial charge in [-0.1, -0.05) is 0 Å². The maximum absolute atomic E-state index is 11.6. The molecule has 1 unspecified atom stereocenters. The van der Waals surface area contributed by atoms with Crippen molar-refractivity contribution in [3.05, 3.63) is 0 Å². The molecule has 0 aliphatic carbocycles. The van der Waals surface area contributed by atoms with Crippen molar-refractivity contribution in [3.63, 3.8) is 0 Å². The molecule has 0 amide bonds. The van der Waals surface area contributed by atoms with E-state index in [1.54, 1.807) is 0 Å². The number of rotatable bonds is 5. The maximum Gasteiger partial charge on any atom is 0.389 e. The number of halogens is 3. The molecule has 0 aromatic rings. The Kier molecular flexibility index (Phi) is 5.74. The monoisotopic (exact) mass is 201 g/mol. The summed E-state index contributed by atoms with van der Waals surface area (Å²) in [4.78, 5) is 0. The van der Waals surface area contributed by atoms with Crippen LogP contribution in [0.15, 0.2) is 0 Å². The Bertz CT molecular complexity index is 114. The fraction of sp³-hybridized carbons (Fsp3) is 1.00. The topological polar surface area (TPSA) is 26.0 Å². The minimum Gasteiger partial charge on any atom is -0.327 e. The third-order valence-corrected chi connectivity index (χ3v) is 2.47. The van der Waals surface area contributed by atoms with Gasteiger partial charge in [-0.2, -0.15) is 24.9 Å². The van der Waals surface area contributed by atoms with Gasteiger partial charge in [0.15, 0.2) is 0 Å². The molecular formula is C7H14F3NS. The van der Waals surface area contributed by atoms with Gasteiger partial charge >= 0.3 is 6.18 Å². The minimum absolute atomic E-state index is 0.0703. The molecule has 1 atom stereocenters. The molecule has 0 saturated heterocycles. The van der Waals surface area contributed by atoms with Crippen LogP contribution in [0.25, 0.3) is 0 Å². The Morgan fingerprint density at radius 1 is 1.42 bits per heavy atom. The van der Waals surface area contributed by atoms with Crippen molar-refractivity contribution in [2.75, 3.05) is 11.5 Å². The van der Waals surface area contributed by atoms with Crippen molar-refractivity contribution in [2.45, 2.75) is 32.0 Å². The molecule has 0 saturated carbocycles. The van der Waals surface area contributed by atoms with Gasteiger partial charge in [0.2, 0.25) is 0 Å². The van der Waals surface area contributed by atoms with Crippen molar-refractivity contribution in [1.82, 2.24) is 0 Å². The number of nitrogens with two attached hydrogens (primary N) is 1. The summed E-state index contributed by atoms with van der Waals surface area (Å²) in [5, 5.41) is 0. The molecule has 74 valence electrons. The first-order valence-corrected chi connectivity index (χ1v) is 4.97. The number of alkyl halides is 3. The van der Waals surface area contributed by atoms with Crippen LogP contribution < -0.4 is 5.73 Å². The van der Waals surface area contributed by atoms with E-state index >= 15 is 0 Å². The molecule has 0 spiro atoms. The van der Waals surface area contributed by atoms with E-state index in [4.69, 9.17) is 5.73 Å². The highest BCUT2D eigenvalue weighted by Crippen LogP contribution is 2.22. The molecule has 0 aliphatic heterocycles. The van der Waals surface area contributed by atoms with E-state index in [1.807, 2.05) is 6.92 Å². The van der Waals surface area contributed by atoms with Crippen LogP contribution in [0.1, 0.15) is 19.8 Å². The molecule has 1 nitrogen and oxygen atoms in total. The average molecular weight is 201 g/mol. The van der Waals surface area contributed by atoms with Crippen molar-refractivity contribution in [1.29, 1.82) is 0 Å². The molecule has 0 bridgehead atoms. The van der Waals surface area contributed by atoms with E-state index in [2.05, 4.69) is 0 Å². The molecule has 0 aromatic carbocycles. The largest absolute Gasteiger partial charge is 0.389 e. The van der Waals surface area contributed by atoms with Gasteiger partial charge < -0.3 is 5.73 Å². The third kappa shape index (κ3) is 10.1. The Balaban J connectivity index is 3.12. The summed E-state index contributed by atoms with van der Waals surface area (Å²) in [5.74, 6) is 1.28. The Morgan fingerprint density at radius 3 is 2.42 bits per heavy atom. The minimum atomic E-state index is -4.01. The van der Waals surface area contributed by atoms with Gasteiger partial charge in [-0.3, -0.25) is 0 Å². The van der Waals surface area contributed by atoms with Crippen LogP contribution in [-0.2, 0) is 0 Å². The van der Waals surface area contributed by atoms with Crippen molar-refractivity contribution >= 4 is 11.8 Å². The van der Waals surface area contributed by atoms with Gasteiger partial charge in [-0.15, -0.1) is 0 Å². The zero-order chi connectivity index (χ0) is 9.61. The Labute approximate surface area is 74.9 Å². The first-order valence-electron chi connectivity index (χ1n) is 3.82. The molecule has 12 heavy (non-hydrogen) atoms. The lowest BCUT2D eigenvalue weighted by molar-refractivity contribution is -0.134. The maximum atomic E-state index is 11.6. The van der Waals surface area contributed by atoms with Crippen molar-refractivity contribution in [2.24, 2.45) is 5.73 Å². The van der Waals surface area contributed by atoms with Gasteiger partial charge in [0, 0.05) is 18.2 Å². The predicted octanol–water partition coefficient (Wildman–Crippen LogP) is 2.41. The van der Waals surface area contributed by atoms with Crippen molar-refractivity contribution in [3.8, 4) is 0 Å². The molecule has 0 fully saturated rings. The third-order valence-electron chi connectivity index (χ3n) is 1.13. The number of thioether (sulfide) groups is 1. The summed E-state index contributed by atoms with van der Waals surface area (Å²) >= 11 is 1.48. The second-order valence-corrected chi connectivity index (χ2v) is 3.92. The highest BCUT2D eigenvalue weighted by atomic mass is 32.2. The second-order valence-electron chi connectivity index (χ2n) is 2.77. The summed E-state index contributed by atoms with van der Waals surface area (Å²) in [5.41, 5.74) is 5.42. The van der Waals surface area contributed by atoms with E-state index in [9.17, 15) is 13.2 Å². The summed E-state index contributed by atoms with van der Waals surface area (Å²) in [6.07, 6.45) is -4.49. The van der Waals surface area contributed by atoms with Gasteiger partial charge in [-0.25, -0.2) is 0 Å². The Hall–Kier alpha value is 0.100. The SMILES string of the molecule is CC(N)CSCCCC(F)(F)F. The first-order chi connectivity index (χ1) is 5.42.